The van der Waals surface area contributed by atoms with Crippen LogP contribution >= 0.6 is 15.9 Å². The molecule has 6 heteroatoms. The van der Waals surface area contributed by atoms with Crippen LogP contribution in [-0.2, 0) is 0 Å². The van der Waals surface area contributed by atoms with E-state index < -0.39 is 0 Å². The molecule has 0 atom stereocenters. The van der Waals surface area contributed by atoms with Crippen molar-refractivity contribution in [3.8, 4) is 11.5 Å². The van der Waals surface area contributed by atoms with Crippen LogP contribution in [0.1, 0.15) is 56.2 Å². The minimum atomic E-state index is -0.0922. The van der Waals surface area contributed by atoms with Crippen LogP contribution in [0.3, 0.4) is 0 Å². The second kappa shape index (κ2) is 5.09. The van der Waals surface area contributed by atoms with Crippen molar-refractivity contribution in [3.05, 3.63) is 33.0 Å². The van der Waals surface area contributed by atoms with E-state index in [4.69, 9.17) is 4.98 Å². The van der Waals surface area contributed by atoms with E-state index in [1.165, 1.54) is 25.7 Å². The van der Waals surface area contributed by atoms with Crippen molar-refractivity contribution in [1.82, 2.24) is 19.5 Å². The number of aromatic nitrogens is 4. The summed E-state index contributed by atoms with van der Waals surface area (Å²) in [5.74, 6) is 1.05. The zero-order valence-electron chi connectivity index (χ0n) is 11.7. The van der Waals surface area contributed by atoms with Crippen molar-refractivity contribution in [1.29, 1.82) is 0 Å². The Morgan fingerprint density at radius 3 is 2.71 bits per heavy atom. The molecule has 1 N–H and O–H groups in total. The van der Waals surface area contributed by atoms with E-state index in [0.29, 0.717) is 22.3 Å². The quantitative estimate of drug-likeness (QED) is 0.924. The van der Waals surface area contributed by atoms with Gasteiger partial charge in [-0.05, 0) is 41.6 Å². The first-order valence-electron chi connectivity index (χ1n) is 7.56. The van der Waals surface area contributed by atoms with Gasteiger partial charge in [-0.2, -0.15) is 0 Å². The molecule has 0 amide bonds. The Labute approximate surface area is 131 Å². The van der Waals surface area contributed by atoms with Gasteiger partial charge in [-0.15, -0.1) is 0 Å². The lowest BCUT2D eigenvalue weighted by Crippen LogP contribution is -2.16. The number of nitrogens with one attached hydrogen (secondary N) is 1. The van der Waals surface area contributed by atoms with Crippen LogP contribution in [0.2, 0.25) is 0 Å². The summed E-state index contributed by atoms with van der Waals surface area (Å²) in [4.78, 5) is 24.1. The predicted octanol–water partition coefficient (Wildman–Crippen LogP) is 3.39. The van der Waals surface area contributed by atoms with E-state index in [1.807, 2.05) is 6.33 Å². The first kappa shape index (κ1) is 13.2. The molecule has 2 aliphatic rings. The predicted molar refractivity (Wildman–Crippen MR) is 83.3 cm³/mol. The van der Waals surface area contributed by atoms with Gasteiger partial charge in [0.2, 0.25) is 0 Å². The van der Waals surface area contributed by atoms with Crippen LogP contribution in [0.5, 0.6) is 0 Å². The molecule has 5 nitrogen and oxygen atoms in total. The SMILES string of the molecule is O=c1[nH]c(-c2cncn2C2CC2)nc(C2CCCC2)c1Br. The van der Waals surface area contributed by atoms with Crippen LogP contribution < -0.4 is 5.56 Å². The third-order valence-corrected chi connectivity index (χ3v) is 5.25. The Balaban J connectivity index is 1.81. The maximum absolute atomic E-state index is 12.2. The molecule has 4 rings (SSSR count). The second-order valence-electron chi connectivity index (χ2n) is 6.01. The lowest BCUT2D eigenvalue weighted by atomic mass is 10.0. The topological polar surface area (TPSA) is 63.6 Å². The molecule has 0 bridgehead atoms. The van der Waals surface area contributed by atoms with Crippen LogP contribution in [0.15, 0.2) is 21.8 Å². The highest BCUT2D eigenvalue weighted by molar-refractivity contribution is 9.10. The van der Waals surface area contributed by atoms with Crippen LogP contribution in [0, 0.1) is 0 Å². The molecule has 110 valence electrons. The third-order valence-electron chi connectivity index (χ3n) is 4.48. The zero-order chi connectivity index (χ0) is 14.4. The van der Waals surface area contributed by atoms with Crippen molar-refractivity contribution in [2.75, 3.05) is 0 Å². The maximum atomic E-state index is 12.2. The molecular weight excluding hydrogens is 332 g/mol. The van der Waals surface area contributed by atoms with Gasteiger partial charge in [0.05, 0.1) is 18.2 Å². The molecule has 2 fully saturated rings. The monoisotopic (exact) mass is 348 g/mol. The van der Waals surface area contributed by atoms with Crippen molar-refractivity contribution >= 4 is 15.9 Å². The molecule has 21 heavy (non-hydrogen) atoms. The molecule has 0 aromatic carbocycles. The van der Waals surface area contributed by atoms with Crippen molar-refractivity contribution in [2.45, 2.75) is 50.5 Å². The van der Waals surface area contributed by atoms with Gasteiger partial charge in [-0.25, -0.2) is 9.97 Å². The number of hydrogen-bond acceptors (Lipinski definition) is 3. The summed E-state index contributed by atoms with van der Waals surface area (Å²) in [7, 11) is 0. The van der Waals surface area contributed by atoms with E-state index in [1.54, 1.807) is 6.20 Å². The largest absolute Gasteiger partial charge is 0.325 e. The van der Waals surface area contributed by atoms with E-state index in [0.717, 1.165) is 24.2 Å². The average Bonchev–Trinajstić information content (AvgIpc) is 3.01. The van der Waals surface area contributed by atoms with Gasteiger partial charge in [0.1, 0.15) is 10.2 Å². The van der Waals surface area contributed by atoms with Gasteiger partial charge in [0.15, 0.2) is 5.82 Å². The Morgan fingerprint density at radius 1 is 1.24 bits per heavy atom. The molecule has 2 saturated carbocycles. The minimum Gasteiger partial charge on any atom is -0.325 e. The van der Waals surface area contributed by atoms with E-state index in [2.05, 4.69) is 30.5 Å². The molecule has 2 heterocycles. The Hall–Kier alpha value is -1.43. The normalized spacial score (nSPS) is 19.3. The van der Waals surface area contributed by atoms with Crippen molar-refractivity contribution < 1.29 is 0 Å². The first-order chi connectivity index (χ1) is 10.2. The maximum Gasteiger partial charge on any atom is 0.265 e. The van der Waals surface area contributed by atoms with E-state index in [9.17, 15) is 4.79 Å². The van der Waals surface area contributed by atoms with Gasteiger partial charge in [0, 0.05) is 12.0 Å². The standard InChI is InChI=1S/C15H17BrN4O/c16-12-13(9-3-1-2-4-9)18-14(19-15(12)21)11-7-17-8-20(11)10-5-6-10/h7-10H,1-6H2,(H,18,19,21). The van der Waals surface area contributed by atoms with Gasteiger partial charge < -0.3 is 9.55 Å². The number of rotatable bonds is 3. The fourth-order valence-corrected chi connectivity index (χ4v) is 3.71. The Bertz CT molecular complexity index is 726. The number of H-pyrrole nitrogens is 1. The third kappa shape index (κ3) is 2.35. The molecule has 0 aliphatic heterocycles. The molecule has 0 spiro atoms. The number of nitrogens with zero attached hydrogens (tertiary/aromatic N) is 3. The van der Waals surface area contributed by atoms with E-state index >= 15 is 0 Å². The number of imidazole rings is 1. The fourth-order valence-electron chi connectivity index (χ4n) is 3.20. The summed E-state index contributed by atoms with van der Waals surface area (Å²) in [5.41, 5.74) is 1.74. The number of hydrogen-bond donors (Lipinski definition) is 1. The lowest BCUT2D eigenvalue weighted by molar-refractivity contribution is 0.684. The Kier molecular flexibility index (Phi) is 3.21. The van der Waals surface area contributed by atoms with Crippen molar-refractivity contribution in [3.63, 3.8) is 0 Å². The highest BCUT2D eigenvalue weighted by Crippen LogP contribution is 2.39. The van der Waals surface area contributed by atoms with Gasteiger partial charge >= 0.3 is 0 Å². The highest BCUT2D eigenvalue weighted by atomic mass is 79.9. The highest BCUT2D eigenvalue weighted by Gasteiger charge is 2.28. The Morgan fingerprint density at radius 2 is 2.00 bits per heavy atom. The molecular formula is C15H17BrN4O. The van der Waals surface area contributed by atoms with Gasteiger partial charge in [-0.3, -0.25) is 4.79 Å². The molecule has 0 unspecified atom stereocenters. The summed E-state index contributed by atoms with van der Waals surface area (Å²) in [6.45, 7) is 0. The molecule has 2 aromatic rings. The van der Waals surface area contributed by atoms with Crippen molar-refractivity contribution in [2.24, 2.45) is 0 Å². The number of halogens is 1. The van der Waals surface area contributed by atoms with Gasteiger partial charge in [0.25, 0.3) is 5.56 Å². The molecule has 2 aliphatic carbocycles. The lowest BCUT2D eigenvalue weighted by Gasteiger charge is -2.13. The average molecular weight is 349 g/mol. The smallest absolute Gasteiger partial charge is 0.265 e. The van der Waals surface area contributed by atoms with Crippen LogP contribution in [0.25, 0.3) is 11.5 Å². The minimum absolute atomic E-state index is 0.0922. The fraction of sp³-hybridized carbons (Fsp3) is 0.533. The summed E-state index contributed by atoms with van der Waals surface area (Å²) in [5, 5.41) is 0. The molecule has 2 aromatic heterocycles. The molecule has 0 saturated heterocycles. The first-order valence-corrected chi connectivity index (χ1v) is 8.35. The summed E-state index contributed by atoms with van der Waals surface area (Å²) < 4.78 is 2.72. The summed E-state index contributed by atoms with van der Waals surface area (Å²) in [6.07, 6.45) is 10.7. The van der Waals surface area contributed by atoms with E-state index in [-0.39, 0.29) is 5.56 Å². The van der Waals surface area contributed by atoms with Crippen LogP contribution in [0.4, 0.5) is 0 Å². The number of aromatic amines is 1. The van der Waals surface area contributed by atoms with Gasteiger partial charge in [-0.1, -0.05) is 12.8 Å². The van der Waals surface area contributed by atoms with Crippen LogP contribution in [-0.4, -0.2) is 19.5 Å². The second-order valence-corrected chi connectivity index (χ2v) is 6.81. The molecule has 0 radical (unpaired) electrons. The zero-order valence-corrected chi connectivity index (χ0v) is 13.3. The summed E-state index contributed by atoms with van der Waals surface area (Å²) >= 11 is 3.42. The summed E-state index contributed by atoms with van der Waals surface area (Å²) in [6, 6.07) is 0.520.